The van der Waals surface area contributed by atoms with Crippen LogP contribution in [0, 0.1) is 0 Å². The third kappa shape index (κ3) is 5.95. The summed E-state index contributed by atoms with van der Waals surface area (Å²) in [4.78, 5) is 16.9. The van der Waals surface area contributed by atoms with Gasteiger partial charge in [-0.25, -0.2) is 8.42 Å². The third-order valence-corrected chi connectivity index (χ3v) is 8.13. The normalized spacial score (nSPS) is 22.0. The molecule has 1 amide bonds. The summed E-state index contributed by atoms with van der Waals surface area (Å²) < 4.78 is 23.6. The van der Waals surface area contributed by atoms with Crippen molar-refractivity contribution in [3.8, 4) is 0 Å². The molecule has 1 N–H and O–H groups in total. The van der Waals surface area contributed by atoms with Crippen LogP contribution in [-0.4, -0.2) is 67.9 Å². The fraction of sp³-hybridized carbons (Fsp3) is 0.682. The highest BCUT2D eigenvalue weighted by Crippen LogP contribution is 2.25. The average molecular weight is 422 g/mol. The summed E-state index contributed by atoms with van der Waals surface area (Å²) >= 11 is 0. The van der Waals surface area contributed by atoms with Gasteiger partial charge in [0, 0.05) is 30.9 Å². The third-order valence-electron chi connectivity index (χ3n) is 6.38. The van der Waals surface area contributed by atoms with E-state index < -0.39 is 9.84 Å². The number of hydrogen-bond acceptors (Lipinski definition) is 5. The van der Waals surface area contributed by atoms with Gasteiger partial charge in [0.25, 0.3) is 0 Å². The Morgan fingerprint density at radius 2 is 1.83 bits per heavy atom. The molecule has 3 rings (SSSR count). The molecule has 2 aliphatic rings. The van der Waals surface area contributed by atoms with E-state index in [1.54, 1.807) is 4.90 Å². The molecule has 0 bridgehead atoms. The minimum absolute atomic E-state index is 0.0370. The predicted octanol–water partition coefficient (Wildman–Crippen LogP) is 2.90. The lowest BCUT2D eigenvalue weighted by Gasteiger charge is -2.32. The van der Waals surface area contributed by atoms with Crippen molar-refractivity contribution in [3.05, 3.63) is 29.8 Å². The number of rotatable bonds is 8. The molecule has 0 aromatic heterocycles. The summed E-state index contributed by atoms with van der Waals surface area (Å²) in [6.45, 7) is 3.50. The summed E-state index contributed by atoms with van der Waals surface area (Å²) in [7, 11) is -0.810. The molecule has 1 saturated carbocycles. The van der Waals surface area contributed by atoms with Crippen molar-refractivity contribution < 1.29 is 13.2 Å². The number of sulfone groups is 1. The summed E-state index contributed by atoms with van der Waals surface area (Å²) in [5.74, 6) is 0.241. The number of carbonyl (C=O) groups is 1. The molecule has 1 heterocycles. The van der Waals surface area contributed by atoms with Crippen LogP contribution in [0.15, 0.2) is 24.3 Å². The van der Waals surface area contributed by atoms with Crippen LogP contribution in [0.2, 0.25) is 0 Å². The summed E-state index contributed by atoms with van der Waals surface area (Å²) in [6, 6.07) is 8.61. The molecule has 29 heavy (non-hydrogen) atoms. The van der Waals surface area contributed by atoms with Crippen molar-refractivity contribution >= 4 is 21.4 Å². The Labute approximate surface area is 175 Å². The van der Waals surface area contributed by atoms with E-state index in [4.69, 9.17) is 0 Å². The Hall–Kier alpha value is -1.60. The molecule has 1 atom stereocenters. The highest BCUT2D eigenvalue weighted by molar-refractivity contribution is 7.91. The van der Waals surface area contributed by atoms with Crippen LogP contribution in [0.4, 0.5) is 5.69 Å². The predicted molar refractivity (Wildman–Crippen MR) is 118 cm³/mol. The molecule has 6 nitrogen and oxygen atoms in total. The first kappa shape index (κ1) is 22.1. The number of amides is 1. The SMILES string of the molecule is CCN(C(=O)CNc1ccccc1CN(C)C1CCCCC1)[C@@H]1CCS(=O)(=O)C1. The molecule has 162 valence electrons. The maximum Gasteiger partial charge on any atom is 0.242 e. The van der Waals surface area contributed by atoms with Gasteiger partial charge in [-0.1, -0.05) is 37.5 Å². The van der Waals surface area contributed by atoms with Crippen LogP contribution in [0.1, 0.15) is 51.0 Å². The fourth-order valence-corrected chi connectivity index (χ4v) is 6.41. The van der Waals surface area contributed by atoms with Crippen molar-refractivity contribution in [1.82, 2.24) is 9.80 Å². The van der Waals surface area contributed by atoms with Gasteiger partial charge in [0.1, 0.15) is 0 Å². The zero-order valence-corrected chi connectivity index (χ0v) is 18.6. The number of benzene rings is 1. The maximum absolute atomic E-state index is 12.8. The van der Waals surface area contributed by atoms with E-state index >= 15 is 0 Å². The smallest absolute Gasteiger partial charge is 0.242 e. The topological polar surface area (TPSA) is 69.7 Å². The molecule has 0 radical (unpaired) electrons. The summed E-state index contributed by atoms with van der Waals surface area (Å²) in [5.41, 5.74) is 2.18. The van der Waals surface area contributed by atoms with E-state index in [-0.39, 0.29) is 30.0 Å². The zero-order chi connectivity index (χ0) is 20.9. The second kappa shape index (κ2) is 9.94. The van der Waals surface area contributed by atoms with E-state index in [9.17, 15) is 13.2 Å². The van der Waals surface area contributed by atoms with Crippen molar-refractivity contribution in [3.63, 3.8) is 0 Å². The first-order chi connectivity index (χ1) is 13.9. The number of nitrogens with zero attached hydrogens (tertiary/aromatic N) is 2. The lowest BCUT2D eigenvalue weighted by Crippen LogP contribution is -2.43. The number of para-hydroxylation sites is 1. The van der Waals surface area contributed by atoms with Crippen LogP contribution in [0.3, 0.4) is 0 Å². The molecular formula is C22H35N3O3S. The van der Waals surface area contributed by atoms with Gasteiger partial charge in [-0.3, -0.25) is 9.69 Å². The molecule has 0 spiro atoms. The largest absolute Gasteiger partial charge is 0.376 e. The van der Waals surface area contributed by atoms with Crippen LogP contribution in [0.5, 0.6) is 0 Å². The molecule has 1 aromatic carbocycles. The number of nitrogens with one attached hydrogen (secondary N) is 1. The van der Waals surface area contributed by atoms with Gasteiger partial charge in [-0.15, -0.1) is 0 Å². The second-order valence-electron chi connectivity index (χ2n) is 8.45. The summed E-state index contributed by atoms with van der Waals surface area (Å²) in [6.07, 6.45) is 7.05. The quantitative estimate of drug-likeness (QED) is 0.699. The zero-order valence-electron chi connectivity index (χ0n) is 17.8. The number of hydrogen-bond donors (Lipinski definition) is 1. The van der Waals surface area contributed by atoms with Gasteiger partial charge < -0.3 is 10.2 Å². The standard InChI is InChI=1S/C22H35N3O3S/c1-3-25(20-13-14-29(27,28)17-20)22(26)15-23-21-12-8-7-9-18(21)16-24(2)19-10-5-4-6-11-19/h7-9,12,19-20,23H,3-6,10-11,13-17H2,1-2H3/t20-/m1/s1. The first-order valence-electron chi connectivity index (χ1n) is 10.9. The van der Waals surface area contributed by atoms with Gasteiger partial charge in [0.15, 0.2) is 9.84 Å². The van der Waals surface area contributed by atoms with E-state index in [1.807, 2.05) is 25.1 Å². The Morgan fingerprint density at radius 3 is 2.48 bits per heavy atom. The van der Waals surface area contributed by atoms with E-state index in [1.165, 1.54) is 37.7 Å². The number of anilines is 1. The minimum atomic E-state index is -3.00. The summed E-state index contributed by atoms with van der Waals surface area (Å²) in [5, 5.41) is 3.31. The van der Waals surface area contributed by atoms with Crippen molar-refractivity contribution in [2.75, 3.05) is 37.0 Å². The van der Waals surface area contributed by atoms with Crippen LogP contribution in [0.25, 0.3) is 0 Å². The minimum Gasteiger partial charge on any atom is -0.376 e. The molecular weight excluding hydrogens is 386 g/mol. The van der Waals surface area contributed by atoms with E-state index in [0.29, 0.717) is 19.0 Å². The molecule has 1 aromatic rings. The van der Waals surface area contributed by atoms with Crippen molar-refractivity contribution in [2.45, 2.75) is 64.1 Å². The average Bonchev–Trinajstić information content (AvgIpc) is 3.08. The van der Waals surface area contributed by atoms with Crippen LogP contribution in [-0.2, 0) is 21.2 Å². The Balaban J connectivity index is 1.59. The molecule has 1 aliphatic heterocycles. The van der Waals surface area contributed by atoms with E-state index in [0.717, 1.165) is 12.2 Å². The van der Waals surface area contributed by atoms with E-state index in [2.05, 4.69) is 23.3 Å². The number of likely N-dealkylation sites (N-methyl/N-ethyl adjacent to an activating group) is 1. The number of carbonyl (C=O) groups excluding carboxylic acids is 1. The van der Waals surface area contributed by atoms with Gasteiger partial charge >= 0.3 is 0 Å². The maximum atomic E-state index is 12.8. The van der Waals surface area contributed by atoms with Crippen molar-refractivity contribution in [2.24, 2.45) is 0 Å². The Bertz CT molecular complexity index is 790. The van der Waals surface area contributed by atoms with Gasteiger partial charge in [0.2, 0.25) is 5.91 Å². The highest BCUT2D eigenvalue weighted by atomic mass is 32.2. The molecule has 1 aliphatic carbocycles. The van der Waals surface area contributed by atoms with Crippen LogP contribution >= 0.6 is 0 Å². The molecule has 0 unspecified atom stereocenters. The second-order valence-corrected chi connectivity index (χ2v) is 10.7. The lowest BCUT2D eigenvalue weighted by molar-refractivity contribution is -0.130. The lowest BCUT2D eigenvalue weighted by atomic mass is 9.94. The fourth-order valence-electron chi connectivity index (χ4n) is 4.68. The van der Waals surface area contributed by atoms with Gasteiger partial charge in [0.05, 0.1) is 18.1 Å². The molecule has 1 saturated heterocycles. The molecule has 7 heteroatoms. The Morgan fingerprint density at radius 1 is 1.10 bits per heavy atom. The van der Waals surface area contributed by atoms with Gasteiger partial charge in [-0.2, -0.15) is 0 Å². The molecule has 2 fully saturated rings. The van der Waals surface area contributed by atoms with Crippen LogP contribution < -0.4 is 5.32 Å². The first-order valence-corrected chi connectivity index (χ1v) is 12.7. The highest BCUT2D eigenvalue weighted by Gasteiger charge is 2.33. The van der Waals surface area contributed by atoms with Crippen molar-refractivity contribution in [1.29, 1.82) is 0 Å². The van der Waals surface area contributed by atoms with Gasteiger partial charge in [-0.05, 0) is 44.9 Å². The monoisotopic (exact) mass is 421 g/mol. The Kier molecular flexibility index (Phi) is 7.57.